The van der Waals surface area contributed by atoms with Gasteiger partial charge in [-0.25, -0.2) is 15.0 Å². The molecule has 2 aromatic heterocycles. The summed E-state index contributed by atoms with van der Waals surface area (Å²) in [5.41, 5.74) is 6.77. The Labute approximate surface area is 89.7 Å². The molecule has 0 aliphatic heterocycles. The van der Waals surface area contributed by atoms with E-state index >= 15 is 0 Å². The zero-order valence-corrected chi connectivity index (χ0v) is 8.60. The van der Waals surface area contributed by atoms with E-state index in [0.29, 0.717) is 28.6 Å². The number of hydrogen-bond donors (Lipinski definition) is 2. The molecule has 74 valence electrons. The molecule has 14 heavy (non-hydrogen) atoms. The van der Waals surface area contributed by atoms with E-state index in [9.17, 15) is 0 Å². The van der Waals surface area contributed by atoms with E-state index in [1.165, 1.54) is 0 Å². The van der Waals surface area contributed by atoms with Crippen LogP contribution >= 0.6 is 23.2 Å². The van der Waals surface area contributed by atoms with Gasteiger partial charge in [-0.1, -0.05) is 0 Å². The number of alkyl halides is 2. The van der Waals surface area contributed by atoms with Crippen molar-refractivity contribution in [2.75, 3.05) is 5.73 Å². The highest BCUT2D eigenvalue weighted by atomic mass is 35.5. The third kappa shape index (κ3) is 1.49. The van der Waals surface area contributed by atoms with E-state index in [-0.39, 0.29) is 11.8 Å². The number of anilines is 1. The fourth-order valence-electron chi connectivity index (χ4n) is 1.14. The average Bonchev–Trinajstić information content (AvgIpc) is 2.61. The fourth-order valence-corrected chi connectivity index (χ4v) is 1.39. The second-order valence-corrected chi connectivity index (χ2v) is 3.21. The van der Waals surface area contributed by atoms with Gasteiger partial charge in [0, 0.05) is 0 Å². The molecule has 5 nitrogen and oxygen atoms in total. The van der Waals surface area contributed by atoms with Crippen molar-refractivity contribution in [2.45, 2.75) is 11.8 Å². The molecule has 2 aromatic rings. The first-order chi connectivity index (χ1) is 6.74. The second kappa shape index (κ2) is 3.59. The molecule has 0 aliphatic carbocycles. The van der Waals surface area contributed by atoms with Gasteiger partial charge < -0.3 is 10.7 Å². The molecule has 0 fully saturated rings. The van der Waals surface area contributed by atoms with E-state index in [1.807, 2.05) is 0 Å². The van der Waals surface area contributed by atoms with Gasteiger partial charge in [0.25, 0.3) is 0 Å². The molecule has 0 aromatic carbocycles. The standard InChI is InChI=1S/C7H7Cl2N5/c8-1-3-11-5-6(10)12-4(2-9)14-7(5)13-3/h1-2H2,(H3,10,11,12,13,14). The number of fused-ring (bicyclic) bond motifs is 1. The van der Waals surface area contributed by atoms with Crippen LogP contribution in [0.15, 0.2) is 0 Å². The zero-order valence-electron chi connectivity index (χ0n) is 7.09. The van der Waals surface area contributed by atoms with Gasteiger partial charge in [-0.3, -0.25) is 0 Å². The Morgan fingerprint density at radius 1 is 1.14 bits per heavy atom. The van der Waals surface area contributed by atoms with E-state index in [1.54, 1.807) is 0 Å². The predicted octanol–water partition coefficient (Wildman–Crippen LogP) is 1.41. The first-order valence-electron chi connectivity index (χ1n) is 3.87. The van der Waals surface area contributed by atoms with Crippen LogP contribution in [-0.4, -0.2) is 19.9 Å². The Morgan fingerprint density at radius 3 is 2.57 bits per heavy atom. The lowest BCUT2D eigenvalue weighted by atomic mass is 10.5. The van der Waals surface area contributed by atoms with Gasteiger partial charge in [-0.15, -0.1) is 23.2 Å². The van der Waals surface area contributed by atoms with Crippen LogP contribution in [0.1, 0.15) is 11.6 Å². The van der Waals surface area contributed by atoms with E-state index < -0.39 is 0 Å². The van der Waals surface area contributed by atoms with Crippen LogP contribution in [0.25, 0.3) is 11.2 Å². The molecular formula is C7H7Cl2N5. The molecule has 0 aliphatic rings. The van der Waals surface area contributed by atoms with Crippen LogP contribution in [0, 0.1) is 0 Å². The first kappa shape index (κ1) is 9.48. The maximum Gasteiger partial charge on any atom is 0.163 e. The number of imidazole rings is 1. The quantitative estimate of drug-likeness (QED) is 0.767. The summed E-state index contributed by atoms with van der Waals surface area (Å²) in [7, 11) is 0. The minimum Gasteiger partial charge on any atom is -0.382 e. The number of H-pyrrole nitrogens is 1. The van der Waals surface area contributed by atoms with Gasteiger partial charge in [0.15, 0.2) is 11.5 Å². The monoisotopic (exact) mass is 231 g/mol. The predicted molar refractivity (Wildman–Crippen MR) is 55.2 cm³/mol. The first-order valence-corrected chi connectivity index (χ1v) is 4.94. The number of aromatic amines is 1. The summed E-state index contributed by atoms with van der Waals surface area (Å²) in [6.45, 7) is 0. The van der Waals surface area contributed by atoms with Crippen molar-refractivity contribution >= 4 is 40.2 Å². The fraction of sp³-hybridized carbons (Fsp3) is 0.286. The summed E-state index contributed by atoms with van der Waals surface area (Å²) in [4.78, 5) is 15.2. The molecule has 0 bridgehead atoms. The van der Waals surface area contributed by atoms with Gasteiger partial charge in [0.2, 0.25) is 0 Å². The van der Waals surface area contributed by atoms with Crippen LogP contribution in [0.5, 0.6) is 0 Å². The maximum atomic E-state index is 5.67. The summed E-state index contributed by atoms with van der Waals surface area (Å²) >= 11 is 11.2. The maximum absolute atomic E-state index is 5.67. The summed E-state index contributed by atoms with van der Waals surface area (Å²) in [6.07, 6.45) is 0. The number of hydrogen-bond acceptors (Lipinski definition) is 4. The molecule has 2 rings (SSSR count). The van der Waals surface area contributed by atoms with Crippen molar-refractivity contribution in [3.05, 3.63) is 11.6 Å². The number of nitrogens with zero attached hydrogens (tertiary/aromatic N) is 3. The summed E-state index contributed by atoms with van der Waals surface area (Å²) in [5, 5.41) is 0. The van der Waals surface area contributed by atoms with Crippen LogP contribution in [0.2, 0.25) is 0 Å². The lowest BCUT2D eigenvalue weighted by Crippen LogP contribution is -1.98. The third-order valence-electron chi connectivity index (χ3n) is 1.71. The Balaban J connectivity index is 2.67. The van der Waals surface area contributed by atoms with Crippen LogP contribution < -0.4 is 5.73 Å². The highest BCUT2D eigenvalue weighted by Gasteiger charge is 2.09. The average molecular weight is 232 g/mol. The van der Waals surface area contributed by atoms with Crippen molar-refractivity contribution in [1.82, 2.24) is 19.9 Å². The van der Waals surface area contributed by atoms with Gasteiger partial charge in [-0.2, -0.15) is 0 Å². The number of rotatable bonds is 2. The topological polar surface area (TPSA) is 80.5 Å². The lowest BCUT2D eigenvalue weighted by molar-refractivity contribution is 1.06. The Kier molecular flexibility index (Phi) is 2.43. The SMILES string of the molecule is Nc1nc(CCl)nc2[nH]c(CCl)nc12. The number of nitrogens with two attached hydrogens (primary N) is 1. The molecule has 0 amide bonds. The molecule has 0 radical (unpaired) electrons. The Morgan fingerprint density at radius 2 is 1.93 bits per heavy atom. The Hall–Kier alpha value is -1.07. The van der Waals surface area contributed by atoms with E-state index in [2.05, 4.69) is 19.9 Å². The van der Waals surface area contributed by atoms with Gasteiger partial charge >= 0.3 is 0 Å². The summed E-state index contributed by atoms with van der Waals surface area (Å²) < 4.78 is 0. The van der Waals surface area contributed by atoms with Crippen molar-refractivity contribution in [2.24, 2.45) is 0 Å². The van der Waals surface area contributed by atoms with Crippen LogP contribution in [-0.2, 0) is 11.8 Å². The molecule has 2 heterocycles. The highest BCUT2D eigenvalue weighted by Crippen LogP contribution is 2.16. The number of halogens is 2. The van der Waals surface area contributed by atoms with E-state index in [0.717, 1.165) is 0 Å². The molecule has 0 unspecified atom stereocenters. The molecule has 0 saturated heterocycles. The van der Waals surface area contributed by atoms with Crippen molar-refractivity contribution in [3.8, 4) is 0 Å². The summed E-state index contributed by atoms with van der Waals surface area (Å²) in [6, 6.07) is 0. The van der Waals surface area contributed by atoms with Gasteiger partial charge in [0.1, 0.15) is 17.2 Å². The Bertz CT molecular complexity index is 466. The minimum absolute atomic E-state index is 0.218. The number of aromatic nitrogens is 4. The van der Waals surface area contributed by atoms with Gasteiger partial charge in [-0.05, 0) is 0 Å². The molecule has 0 atom stereocenters. The highest BCUT2D eigenvalue weighted by molar-refractivity contribution is 6.17. The van der Waals surface area contributed by atoms with Crippen LogP contribution in [0.3, 0.4) is 0 Å². The van der Waals surface area contributed by atoms with Crippen molar-refractivity contribution < 1.29 is 0 Å². The molecule has 3 N–H and O–H groups in total. The minimum atomic E-state index is 0.218. The molecule has 7 heteroatoms. The normalized spacial score (nSPS) is 11.0. The zero-order chi connectivity index (χ0) is 10.1. The third-order valence-corrected chi connectivity index (χ3v) is 2.21. The van der Waals surface area contributed by atoms with Gasteiger partial charge in [0.05, 0.1) is 11.8 Å². The molecule has 0 spiro atoms. The van der Waals surface area contributed by atoms with Crippen LogP contribution in [0.4, 0.5) is 5.82 Å². The van der Waals surface area contributed by atoms with E-state index in [4.69, 9.17) is 28.9 Å². The largest absolute Gasteiger partial charge is 0.382 e. The number of nitrogen functional groups attached to an aromatic ring is 1. The number of nitrogens with one attached hydrogen (secondary N) is 1. The molecule has 0 saturated carbocycles. The lowest BCUT2D eigenvalue weighted by Gasteiger charge is -1.96. The van der Waals surface area contributed by atoms with Crippen molar-refractivity contribution in [1.29, 1.82) is 0 Å². The van der Waals surface area contributed by atoms with Crippen molar-refractivity contribution in [3.63, 3.8) is 0 Å². The summed E-state index contributed by atoms with van der Waals surface area (Å²) in [5.74, 6) is 1.91. The second-order valence-electron chi connectivity index (χ2n) is 2.67. The molecular weight excluding hydrogens is 225 g/mol. The smallest absolute Gasteiger partial charge is 0.163 e.